The van der Waals surface area contributed by atoms with Crippen molar-refractivity contribution in [1.82, 2.24) is 15.3 Å². The molecule has 2 aromatic rings. The van der Waals surface area contributed by atoms with Crippen LogP contribution in [0.5, 0.6) is 0 Å². The Morgan fingerprint density at radius 1 is 1.26 bits per heavy atom. The van der Waals surface area contributed by atoms with Gasteiger partial charge in [0.2, 0.25) is 0 Å². The molecule has 0 spiro atoms. The number of nitrogens with zero attached hydrogens (tertiary/aromatic N) is 1. The van der Waals surface area contributed by atoms with Crippen molar-refractivity contribution in [2.24, 2.45) is 0 Å². The SMILES string of the molecule is CC(C)(C)OC(=O)NC(C)(C)c1ncc(-c2cccc(F)c2)[nH]1. The summed E-state index contributed by atoms with van der Waals surface area (Å²) in [7, 11) is 0. The van der Waals surface area contributed by atoms with E-state index >= 15 is 0 Å². The Kier molecular flexibility index (Phi) is 4.45. The van der Waals surface area contributed by atoms with Gasteiger partial charge >= 0.3 is 6.09 Å². The second-order valence-corrected chi connectivity index (χ2v) is 6.91. The molecule has 2 N–H and O–H groups in total. The van der Waals surface area contributed by atoms with Crippen LogP contribution in [-0.2, 0) is 10.3 Å². The third kappa shape index (κ3) is 4.55. The first kappa shape index (κ1) is 17.0. The summed E-state index contributed by atoms with van der Waals surface area (Å²) in [4.78, 5) is 19.4. The van der Waals surface area contributed by atoms with Crippen molar-refractivity contribution in [3.05, 3.63) is 42.1 Å². The van der Waals surface area contributed by atoms with Crippen LogP contribution < -0.4 is 5.32 Å². The molecule has 2 rings (SSSR count). The molecule has 6 heteroatoms. The van der Waals surface area contributed by atoms with E-state index in [1.165, 1.54) is 12.1 Å². The molecule has 0 saturated carbocycles. The van der Waals surface area contributed by atoms with Crippen LogP contribution in [0.15, 0.2) is 30.5 Å². The van der Waals surface area contributed by atoms with E-state index in [0.717, 1.165) is 0 Å². The van der Waals surface area contributed by atoms with Crippen molar-refractivity contribution in [3.63, 3.8) is 0 Å². The molecule has 0 aliphatic carbocycles. The molecule has 124 valence electrons. The number of carbonyl (C=O) groups excluding carboxylic acids is 1. The predicted molar refractivity (Wildman–Crippen MR) is 86.4 cm³/mol. The van der Waals surface area contributed by atoms with E-state index < -0.39 is 17.2 Å². The number of amides is 1. The van der Waals surface area contributed by atoms with Gasteiger partial charge in [-0.25, -0.2) is 14.2 Å². The van der Waals surface area contributed by atoms with Crippen molar-refractivity contribution in [1.29, 1.82) is 0 Å². The van der Waals surface area contributed by atoms with E-state index in [1.807, 2.05) is 13.8 Å². The smallest absolute Gasteiger partial charge is 0.408 e. The predicted octanol–water partition coefficient (Wildman–Crippen LogP) is 3.98. The summed E-state index contributed by atoms with van der Waals surface area (Å²) in [5.74, 6) is 0.243. The fraction of sp³-hybridized carbons (Fsp3) is 0.412. The Hall–Kier alpha value is -2.37. The highest BCUT2D eigenvalue weighted by atomic mass is 19.1. The van der Waals surface area contributed by atoms with Crippen LogP contribution in [0.2, 0.25) is 0 Å². The number of hydrogen-bond acceptors (Lipinski definition) is 3. The lowest BCUT2D eigenvalue weighted by Gasteiger charge is -2.27. The van der Waals surface area contributed by atoms with Crippen LogP contribution in [0.4, 0.5) is 9.18 Å². The molecule has 23 heavy (non-hydrogen) atoms. The van der Waals surface area contributed by atoms with Gasteiger partial charge in [0.05, 0.1) is 17.4 Å². The Labute approximate surface area is 135 Å². The minimum absolute atomic E-state index is 0.315. The summed E-state index contributed by atoms with van der Waals surface area (Å²) >= 11 is 0. The molecule has 1 heterocycles. The summed E-state index contributed by atoms with van der Waals surface area (Å²) in [5, 5.41) is 2.78. The van der Waals surface area contributed by atoms with E-state index in [1.54, 1.807) is 39.1 Å². The Morgan fingerprint density at radius 3 is 2.57 bits per heavy atom. The average Bonchev–Trinajstić information content (AvgIpc) is 2.85. The molecular weight excluding hydrogens is 297 g/mol. The summed E-state index contributed by atoms with van der Waals surface area (Å²) in [6.07, 6.45) is 1.09. The number of H-pyrrole nitrogens is 1. The van der Waals surface area contributed by atoms with E-state index in [0.29, 0.717) is 17.1 Å². The number of carbonyl (C=O) groups is 1. The lowest BCUT2D eigenvalue weighted by atomic mass is 10.1. The molecule has 0 saturated heterocycles. The Bertz CT molecular complexity index is 702. The first-order valence-corrected chi connectivity index (χ1v) is 7.39. The maximum absolute atomic E-state index is 13.3. The van der Waals surface area contributed by atoms with E-state index in [-0.39, 0.29) is 5.82 Å². The van der Waals surface area contributed by atoms with Crippen LogP contribution in [0, 0.1) is 5.82 Å². The highest BCUT2D eigenvalue weighted by Crippen LogP contribution is 2.23. The summed E-state index contributed by atoms with van der Waals surface area (Å²) < 4.78 is 18.6. The van der Waals surface area contributed by atoms with Gasteiger partial charge < -0.3 is 15.0 Å². The van der Waals surface area contributed by atoms with Gasteiger partial charge in [-0.3, -0.25) is 0 Å². The van der Waals surface area contributed by atoms with Crippen LogP contribution in [0.3, 0.4) is 0 Å². The lowest BCUT2D eigenvalue weighted by Crippen LogP contribution is -2.44. The van der Waals surface area contributed by atoms with Gasteiger partial charge in [0.1, 0.15) is 17.2 Å². The molecule has 0 aliphatic heterocycles. The number of halogens is 1. The lowest BCUT2D eigenvalue weighted by molar-refractivity contribution is 0.0466. The second kappa shape index (κ2) is 6.02. The van der Waals surface area contributed by atoms with Gasteiger partial charge in [0, 0.05) is 5.56 Å². The van der Waals surface area contributed by atoms with E-state index in [9.17, 15) is 9.18 Å². The molecule has 0 fully saturated rings. The molecule has 0 radical (unpaired) electrons. The number of ether oxygens (including phenoxy) is 1. The number of alkyl carbamates (subject to hydrolysis) is 1. The zero-order valence-electron chi connectivity index (χ0n) is 14.0. The van der Waals surface area contributed by atoms with Crippen molar-refractivity contribution in [2.75, 3.05) is 0 Å². The molecule has 0 aliphatic rings. The summed E-state index contributed by atoms with van der Waals surface area (Å²) in [6, 6.07) is 6.23. The van der Waals surface area contributed by atoms with Crippen LogP contribution in [0.1, 0.15) is 40.4 Å². The van der Waals surface area contributed by atoms with Crippen LogP contribution in [0.25, 0.3) is 11.3 Å². The molecule has 1 amide bonds. The zero-order valence-corrected chi connectivity index (χ0v) is 14.0. The van der Waals surface area contributed by atoms with Crippen molar-refractivity contribution in [2.45, 2.75) is 45.8 Å². The minimum Gasteiger partial charge on any atom is -0.444 e. The maximum atomic E-state index is 13.3. The highest BCUT2D eigenvalue weighted by molar-refractivity contribution is 5.69. The molecule has 0 atom stereocenters. The van der Waals surface area contributed by atoms with Gasteiger partial charge in [-0.2, -0.15) is 0 Å². The topological polar surface area (TPSA) is 67.0 Å². The number of aromatic nitrogens is 2. The number of aromatic amines is 1. The highest BCUT2D eigenvalue weighted by Gasteiger charge is 2.28. The number of rotatable bonds is 3. The third-order valence-corrected chi connectivity index (χ3v) is 3.12. The van der Waals surface area contributed by atoms with Gasteiger partial charge in [-0.15, -0.1) is 0 Å². The number of nitrogens with one attached hydrogen (secondary N) is 2. The van der Waals surface area contributed by atoms with E-state index in [4.69, 9.17) is 4.74 Å². The molecule has 0 bridgehead atoms. The molecule has 0 unspecified atom stereocenters. The second-order valence-electron chi connectivity index (χ2n) is 6.91. The molecule has 5 nitrogen and oxygen atoms in total. The van der Waals surface area contributed by atoms with Gasteiger partial charge in [-0.05, 0) is 46.8 Å². The van der Waals surface area contributed by atoms with Gasteiger partial charge in [0.25, 0.3) is 0 Å². The maximum Gasteiger partial charge on any atom is 0.408 e. The summed E-state index contributed by atoms with van der Waals surface area (Å²) in [5.41, 5.74) is 0.0413. The summed E-state index contributed by atoms with van der Waals surface area (Å²) in [6.45, 7) is 9.02. The normalized spacial score (nSPS) is 12.1. The van der Waals surface area contributed by atoms with Gasteiger partial charge in [-0.1, -0.05) is 12.1 Å². The fourth-order valence-electron chi connectivity index (χ4n) is 2.06. The number of imidazole rings is 1. The number of benzene rings is 1. The largest absolute Gasteiger partial charge is 0.444 e. The minimum atomic E-state index is -0.756. The number of hydrogen-bond donors (Lipinski definition) is 2. The van der Waals surface area contributed by atoms with Crippen molar-refractivity contribution < 1.29 is 13.9 Å². The van der Waals surface area contributed by atoms with Crippen LogP contribution in [-0.4, -0.2) is 21.7 Å². The Balaban J connectivity index is 2.16. The monoisotopic (exact) mass is 319 g/mol. The first-order chi connectivity index (χ1) is 10.6. The van der Waals surface area contributed by atoms with Gasteiger partial charge in [0.15, 0.2) is 0 Å². The standard InChI is InChI=1S/C17H22FN3O2/c1-16(2,3)23-15(22)21-17(4,5)14-19-10-13(20-14)11-7-6-8-12(18)9-11/h6-10H,1-5H3,(H,19,20)(H,21,22). The van der Waals surface area contributed by atoms with E-state index in [2.05, 4.69) is 15.3 Å². The average molecular weight is 319 g/mol. The van der Waals surface area contributed by atoms with Crippen molar-refractivity contribution in [3.8, 4) is 11.3 Å². The zero-order chi connectivity index (χ0) is 17.3. The first-order valence-electron chi connectivity index (χ1n) is 7.39. The van der Waals surface area contributed by atoms with Crippen LogP contribution >= 0.6 is 0 Å². The van der Waals surface area contributed by atoms with Crippen molar-refractivity contribution >= 4 is 6.09 Å². The molecule has 1 aromatic carbocycles. The molecular formula is C17H22FN3O2. The third-order valence-electron chi connectivity index (χ3n) is 3.12. The fourth-order valence-corrected chi connectivity index (χ4v) is 2.06. The molecule has 1 aromatic heterocycles. The quantitative estimate of drug-likeness (QED) is 0.899. The Morgan fingerprint density at radius 2 is 1.96 bits per heavy atom.